The maximum absolute atomic E-state index is 13.2. The van der Waals surface area contributed by atoms with Crippen molar-refractivity contribution in [2.75, 3.05) is 26.4 Å². The Morgan fingerprint density at radius 2 is 1.90 bits per heavy atom. The molecule has 170 valence electrons. The van der Waals surface area contributed by atoms with E-state index in [1.54, 1.807) is 40.8 Å². The van der Waals surface area contributed by atoms with Crippen LogP contribution in [0.1, 0.15) is 36.1 Å². The number of hydrogen-bond donors (Lipinski definition) is 3. The van der Waals surface area contributed by atoms with Crippen LogP contribution in [0.4, 0.5) is 4.39 Å². The number of benzene rings is 1. The molecule has 1 aromatic heterocycles. The van der Waals surface area contributed by atoms with Crippen molar-refractivity contribution >= 4 is 23.1 Å². The molecular formula is C23H33FN4O2S. The number of hydrogen-bond acceptors (Lipinski definition) is 7. The smallest absolute Gasteiger partial charge is 0.135 e. The molecule has 2 rings (SSSR count). The Labute approximate surface area is 188 Å². The fraction of sp³-hybridized carbons (Fsp3) is 0.435. The predicted octanol–water partition coefficient (Wildman–Crippen LogP) is 3.31. The Kier molecular flexibility index (Phi) is 9.80. The van der Waals surface area contributed by atoms with Crippen LogP contribution in [-0.4, -0.2) is 48.9 Å². The molecule has 1 aromatic carbocycles. The molecule has 6 nitrogen and oxygen atoms in total. The average molecular weight is 449 g/mol. The van der Waals surface area contributed by atoms with E-state index in [0.717, 1.165) is 0 Å². The number of hydrazone groups is 1. The van der Waals surface area contributed by atoms with Gasteiger partial charge in [-0.3, -0.25) is 5.01 Å². The summed E-state index contributed by atoms with van der Waals surface area (Å²) in [6, 6.07) is 10.2. The molecule has 0 fully saturated rings. The quantitative estimate of drug-likeness (QED) is 0.278. The van der Waals surface area contributed by atoms with E-state index in [9.17, 15) is 9.50 Å². The normalized spacial score (nSPS) is 13.7. The highest BCUT2D eigenvalue weighted by Gasteiger charge is 2.17. The molecule has 0 aliphatic rings. The molecule has 31 heavy (non-hydrogen) atoms. The van der Waals surface area contributed by atoms with Gasteiger partial charge in [-0.15, -0.1) is 11.3 Å². The van der Waals surface area contributed by atoms with Crippen LogP contribution in [-0.2, 0) is 16.7 Å². The monoisotopic (exact) mass is 448 g/mol. The van der Waals surface area contributed by atoms with Crippen molar-refractivity contribution in [3.05, 3.63) is 63.6 Å². The summed E-state index contributed by atoms with van der Waals surface area (Å²) >= 11 is 1.75. The van der Waals surface area contributed by atoms with E-state index >= 15 is 0 Å². The molecule has 5 N–H and O–H groups in total. The van der Waals surface area contributed by atoms with Gasteiger partial charge in [0.05, 0.1) is 13.2 Å². The Bertz CT molecular complexity index is 859. The van der Waals surface area contributed by atoms with Gasteiger partial charge >= 0.3 is 0 Å². The minimum atomic E-state index is -0.899. The van der Waals surface area contributed by atoms with E-state index in [2.05, 4.69) is 38.0 Å². The number of aliphatic hydroxyl groups excluding tert-OH is 1. The number of rotatable bonds is 11. The number of ether oxygens (including phenoxy) is 1. The van der Waals surface area contributed by atoms with Crippen molar-refractivity contribution < 1.29 is 14.2 Å². The minimum absolute atomic E-state index is 0.0511. The zero-order chi connectivity index (χ0) is 22.9. The summed E-state index contributed by atoms with van der Waals surface area (Å²) in [5.74, 6) is -0.335. The molecule has 0 amide bonds. The van der Waals surface area contributed by atoms with Crippen LogP contribution in [0.5, 0.6) is 0 Å². The van der Waals surface area contributed by atoms with Crippen LogP contribution in [0.15, 0.2) is 47.6 Å². The Balaban J connectivity index is 1.99. The van der Waals surface area contributed by atoms with Crippen molar-refractivity contribution in [1.29, 1.82) is 0 Å². The lowest BCUT2D eigenvalue weighted by Gasteiger charge is -2.21. The van der Waals surface area contributed by atoms with E-state index in [-0.39, 0.29) is 31.1 Å². The van der Waals surface area contributed by atoms with Crippen LogP contribution in [0, 0.1) is 5.82 Å². The second-order valence-electron chi connectivity index (χ2n) is 8.13. The van der Waals surface area contributed by atoms with Crippen molar-refractivity contribution in [2.45, 2.75) is 38.8 Å². The largest absolute Gasteiger partial charge is 0.386 e. The van der Waals surface area contributed by atoms with Crippen molar-refractivity contribution in [3.63, 3.8) is 0 Å². The SMILES string of the molecule is CC(C)(C)c1ccc(CN(COC[C@H](O)/C(=C\CN)c2ccc(F)cc2)/N=C\CN)s1. The zero-order valence-electron chi connectivity index (χ0n) is 18.4. The van der Waals surface area contributed by atoms with E-state index < -0.39 is 6.10 Å². The van der Waals surface area contributed by atoms with Gasteiger partial charge in [-0.05, 0) is 40.8 Å². The summed E-state index contributed by atoms with van der Waals surface area (Å²) < 4.78 is 19.0. The van der Waals surface area contributed by atoms with Crippen LogP contribution in [0.3, 0.4) is 0 Å². The molecule has 0 aliphatic heterocycles. The lowest BCUT2D eigenvalue weighted by Crippen LogP contribution is -2.25. The highest BCUT2D eigenvalue weighted by Crippen LogP contribution is 2.30. The van der Waals surface area contributed by atoms with Gasteiger partial charge in [0.1, 0.15) is 18.7 Å². The number of nitrogens with zero attached hydrogens (tertiary/aromatic N) is 2. The Morgan fingerprint density at radius 3 is 2.48 bits per heavy atom. The van der Waals surface area contributed by atoms with Gasteiger partial charge in [0.25, 0.3) is 0 Å². The van der Waals surface area contributed by atoms with E-state index in [0.29, 0.717) is 24.2 Å². The lowest BCUT2D eigenvalue weighted by atomic mass is 9.95. The topological polar surface area (TPSA) is 97.1 Å². The van der Waals surface area contributed by atoms with Gasteiger partial charge in [0.2, 0.25) is 0 Å². The van der Waals surface area contributed by atoms with Gasteiger partial charge in [-0.2, -0.15) is 5.10 Å². The molecule has 0 aliphatic carbocycles. The molecule has 0 radical (unpaired) electrons. The molecule has 0 saturated heterocycles. The first-order valence-electron chi connectivity index (χ1n) is 10.2. The van der Waals surface area contributed by atoms with Crippen LogP contribution in [0.2, 0.25) is 0 Å². The Hall–Kier alpha value is -2.10. The van der Waals surface area contributed by atoms with Crippen molar-refractivity contribution in [3.8, 4) is 0 Å². The maximum atomic E-state index is 13.2. The van der Waals surface area contributed by atoms with E-state index in [4.69, 9.17) is 16.2 Å². The third kappa shape index (κ3) is 8.16. The molecule has 8 heteroatoms. The number of nitrogens with two attached hydrogens (primary N) is 2. The fourth-order valence-corrected chi connectivity index (χ4v) is 3.98. The van der Waals surface area contributed by atoms with Gasteiger partial charge < -0.3 is 21.3 Å². The lowest BCUT2D eigenvalue weighted by molar-refractivity contribution is -0.00510. The molecule has 0 unspecified atom stereocenters. The number of aliphatic hydroxyl groups is 1. The molecule has 1 heterocycles. The minimum Gasteiger partial charge on any atom is -0.386 e. The van der Waals surface area contributed by atoms with Crippen LogP contribution in [0.25, 0.3) is 5.57 Å². The predicted molar refractivity (Wildman–Crippen MR) is 126 cm³/mol. The first-order chi connectivity index (χ1) is 14.7. The van der Waals surface area contributed by atoms with Gasteiger partial charge in [0.15, 0.2) is 0 Å². The van der Waals surface area contributed by atoms with Crippen LogP contribution >= 0.6 is 11.3 Å². The third-order valence-corrected chi connectivity index (χ3v) is 5.98. The fourth-order valence-electron chi connectivity index (χ4n) is 2.90. The summed E-state index contributed by atoms with van der Waals surface area (Å²) in [6.07, 6.45) is 2.44. The number of halogens is 1. The summed E-state index contributed by atoms with van der Waals surface area (Å²) in [6.45, 7) is 7.96. The highest BCUT2D eigenvalue weighted by atomic mass is 32.1. The zero-order valence-corrected chi connectivity index (χ0v) is 19.2. The number of thiophene rings is 1. The van der Waals surface area contributed by atoms with E-state index in [1.807, 2.05) is 0 Å². The van der Waals surface area contributed by atoms with Crippen LogP contribution < -0.4 is 11.5 Å². The van der Waals surface area contributed by atoms with Crippen molar-refractivity contribution in [2.24, 2.45) is 16.6 Å². The highest BCUT2D eigenvalue weighted by molar-refractivity contribution is 7.12. The molecular weight excluding hydrogens is 415 g/mol. The second kappa shape index (κ2) is 12.1. The summed E-state index contributed by atoms with van der Waals surface area (Å²) in [7, 11) is 0. The van der Waals surface area contributed by atoms with E-state index in [1.165, 1.54) is 21.9 Å². The summed E-state index contributed by atoms with van der Waals surface area (Å²) in [5.41, 5.74) is 12.6. The standard InChI is InChI=1S/C23H33FN4O2S/c1-23(2,3)22-9-8-19(31-22)14-28(27-13-12-26)16-30-15-21(29)20(10-11-25)17-4-6-18(24)7-5-17/h4-10,13,21,29H,11-12,14-16,25-26H2,1-3H3/b20-10-,27-13-/t21-/m0/s1. The molecule has 2 aromatic rings. The molecule has 1 atom stereocenters. The molecule has 0 bridgehead atoms. The first kappa shape index (κ1) is 25.2. The van der Waals surface area contributed by atoms with Gasteiger partial charge in [-0.25, -0.2) is 4.39 Å². The molecule has 0 saturated carbocycles. The van der Waals surface area contributed by atoms with Gasteiger partial charge in [-0.1, -0.05) is 39.0 Å². The summed E-state index contributed by atoms with van der Waals surface area (Å²) in [5, 5.41) is 16.7. The third-order valence-electron chi connectivity index (χ3n) is 4.48. The van der Waals surface area contributed by atoms with Gasteiger partial charge in [0, 0.05) is 29.1 Å². The average Bonchev–Trinajstić information content (AvgIpc) is 3.20. The Morgan fingerprint density at radius 1 is 1.19 bits per heavy atom. The second-order valence-corrected chi connectivity index (χ2v) is 9.30. The maximum Gasteiger partial charge on any atom is 0.135 e. The summed E-state index contributed by atoms with van der Waals surface area (Å²) in [4.78, 5) is 2.47. The molecule has 0 spiro atoms. The van der Waals surface area contributed by atoms with Crippen molar-refractivity contribution in [1.82, 2.24) is 5.01 Å². The first-order valence-corrected chi connectivity index (χ1v) is 11.0.